The SMILES string of the molecule is COC(=O)C1C(Cc2ccccc2)c2ccsc2CN1S(=O)(=O)c1ccc(OC)cc1. The summed E-state index contributed by atoms with van der Waals surface area (Å²) in [7, 11) is -1.14. The van der Waals surface area contributed by atoms with Crippen molar-refractivity contribution >= 4 is 27.3 Å². The molecule has 8 heteroatoms. The highest BCUT2D eigenvalue weighted by molar-refractivity contribution is 7.89. The molecule has 0 spiro atoms. The predicted octanol–water partition coefficient (Wildman–Crippen LogP) is 3.83. The van der Waals surface area contributed by atoms with Crippen molar-refractivity contribution in [2.45, 2.75) is 29.8 Å². The molecule has 162 valence electrons. The number of benzene rings is 2. The number of thiophene rings is 1. The van der Waals surface area contributed by atoms with E-state index < -0.39 is 22.0 Å². The first-order chi connectivity index (χ1) is 15.0. The van der Waals surface area contributed by atoms with E-state index in [0.717, 1.165) is 16.0 Å². The third kappa shape index (κ3) is 4.11. The fraction of sp³-hybridized carbons (Fsp3) is 0.261. The summed E-state index contributed by atoms with van der Waals surface area (Å²) in [6.07, 6.45) is 0.527. The van der Waals surface area contributed by atoms with E-state index in [1.165, 1.54) is 42.0 Å². The van der Waals surface area contributed by atoms with Gasteiger partial charge in [-0.15, -0.1) is 11.3 Å². The van der Waals surface area contributed by atoms with Crippen LogP contribution in [0.15, 0.2) is 70.9 Å². The highest BCUT2D eigenvalue weighted by atomic mass is 32.2. The molecule has 1 aliphatic heterocycles. The van der Waals surface area contributed by atoms with Gasteiger partial charge >= 0.3 is 5.97 Å². The molecule has 6 nitrogen and oxygen atoms in total. The van der Waals surface area contributed by atoms with Crippen LogP contribution in [-0.2, 0) is 32.5 Å². The Labute approximate surface area is 186 Å². The number of hydrogen-bond acceptors (Lipinski definition) is 6. The van der Waals surface area contributed by atoms with Gasteiger partial charge in [0.15, 0.2) is 0 Å². The minimum Gasteiger partial charge on any atom is -0.497 e. The minimum absolute atomic E-state index is 0.112. The van der Waals surface area contributed by atoms with Crippen molar-refractivity contribution in [3.05, 3.63) is 82.0 Å². The summed E-state index contributed by atoms with van der Waals surface area (Å²) in [5.74, 6) is -0.350. The maximum Gasteiger partial charge on any atom is 0.324 e. The van der Waals surface area contributed by atoms with Crippen molar-refractivity contribution in [1.29, 1.82) is 0 Å². The Morgan fingerprint density at radius 3 is 2.42 bits per heavy atom. The molecule has 0 radical (unpaired) electrons. The molecular formula is C23H23NO5S2. The Morgan fingerprint density at radius 2 is 1.77 bits per heavy atom. The summed E-state index contributed by atoms with van der Waals surface area (Å²) in [4.78, 5) is 14.0. The fourth-order valence-electron chi connectivity index (χ4n) is 4.03. The molecule has 0 aliphatic carbocycles. The Hall–Kier alpha value is -2.68. The Balaban J connectivity index is 1.80. The van der Waals surface area contributed by atoms with Gasteiger partial charge in [0.25, 0.3) is 0 Å². The number of nitrogens with zero attached hydrogens (tertiary/aromatic N) is 1. The summed E-state index contributed by atoms with van der Waals surface area (Å²) in [6.45, 7) is 0.131. The van der Waals surface area contributed by atoms with Crippen LogP contribution in [0.1, 0.15) is 21.9 Å². The maximum atomic E-state index is 13.6. The van der Waals surface area contributed by atoms with Gasteiger partial charge in [0.05, 0.1) is 19.1 Å². The van der Waals surface area contributed by atoms with Gasteiger partial charge in [-0.3, -0.25) is 4.79 Å². The van der Waals surface area contributed by atoms with E-state index in [1.54, 1.807) is 12.1 Å². The summed E-state index contributed by atoms with van der Waals surface area (Å²) >= 11 is 1.50. The number of esters is 1. The molecule has 3 aromatic rings. The maximum absolute atomic E-state index is 13.6. The van der Waals surface area contributed by atoms with Crippen molar-refractivity contribution in [3.8, 4) is 5.75 Å². The molecule has 2 aromatic carbocycles. The fourth-order valence-corrected chi connectivity index (χ4v) is 6.64. The number of hydrogen-bond donors (Lipinski definition) is 0. The second-order valence-electron chi connectivity index (χ2n) is 7.29. The van der Waals surface area contributed by atoms with E-state index in [2.05, 4.69) is 0 Å². The minimum atomic E-state index is -3.95. The van der Waals surface area contributed by atoms with Crippen LogP contribution in [-0.4, -0.2) is 39.0 Å². The van der Waals surface area contributed by atoms with E-state index >= 15 is 0 Å². The van der Waals surface area contributed by atoms with Crippen LogP contribution in [0.25, 0.3) is 0 Å². The van der Waals surface area contributed by atoms with Crippen molar-refractivity contribution in [3.63, 3.8) is 0 Å². The molecule has 0 saturated carbocycles. The zero-order valence-electron chi connectivity index (χ0n) is 17.2. The van der Waals surface area contributed by atoms with E-state index in [4.69, 9.17) is 9.47 Å². The van der Waals surface area contributed by atoms with E-state index in [0.29, 0.717) is 12.2 Å². The highest BCUT2D eigenvalue weighted by Crippen LogP contribution is 2.41. The predicted molar refractivity (Wildman–Crippen MR) is 119 cm³/mol. The Morgan fingerprint density at radius 1 is 1.06 bits per heavy atom. The number of fused-ring (bicyclic) bond motifs is 1. The quantitative estimate of drug-likeness (QED) is 0.526. The second kappa shape index (κ2) is 8.82. The van der Waals surface area contributed by atoms with Gasteiger partial charge in [0, 0.05) is 17.3 Å². The Bertz CT molecular complexity index is 1160. The largest absolute Gasteiger partial charge is 0.497 e. The molecule has 31 heavy (non-hydrogen) atoms. The third-order valence-electron chi connectivity index (χ3n) is 5.58. The van der Waals surface area contributed by atoms with Crippen LogP contribution in [0, 0.1) is 0 Å². The lowest BCUT2D eigenvalue weighted by Gasteiger charge is -2.38. The average molecular weight is 458 g/mol. The van der Waals surface area contributed by atoms with Gasteiger partial charge in [-0.25, -0.2) is 8.42 Å². The number of sulfonamides is 1. The average Bonchev–Trinajstić information content (AvgIpc) is 3.28. The topological polar surface area (TPSA) is 72.9 Å². The molecule has 2 heterocycles. The van der Waals surface area contributed by atoms with Crippen LogP contribution in [0.4, 0.5) is 0 Å². The van der Waals surface area contributed by atoms with Crippen molar-refractivity contribution in [2.24, 2.45) is 0 Å². The molecule has 0 saturated heterocycles. The van der Waals surface area contributed by atoms with Crippen LogP contribution in [0.3, 0.4) is 0 Å². The number of rotatable bonds is 6. The van der Waals surface area contributed by atoms with Gasteiger partial charge in [0.2, 0.25) is 10.0 Å². The van der Waals surface area contributed by atoms with Crippen molar-refractivity contribution in [2.75, 3.05) is 14.2 Å². The molecule has 1 aliphatic rings. The molecule has 4 rings (SSSR count). The molecule has 2 atom stereocenters. The zero-order chi connectivity index (χ0) is 22.0. The first kappa shape index (κ1) is 21.5. The highest BCUT2D eigenvalue weighted by Gasteiger charge is 2.46. The van der Waals surface area contributed by atoms with E-state index in [-0.39, 0.29) is 17.4 Å². The molecule has 0 amide bonds. The lowest BCUT2D eigenvalue weighted by Crippen LogP contribution is -2.51. The molecule has 0 bridgehead atoms. The smallest absolute Gasteiger partial charge is 0.324 e. The number of carbonyl (C=O) groups is 1. The number of carbonyl (C=O) groups excluding carboxylic acids is 1. The van der Waals surface area contributed by atoms with Crippen molar-refractivity contribution < 1.29 is 22.7 Å². The molecular weight excluding hydrogens is 434 g/mol. The normalized spacial score (nSPS) is 18.9. The van der Waals surface area contributed by atoms with Crippen LogP contribution >= 0.6 is 11.3 Å². The van der Waals surface area contributed by atoms with Crippen LogP contribution in [0.5, 0.6) is 5.75 Å². The lowest BCUT2D eigenvalue weighted by molar-refractivity contribution is -0.146. The van der Waals surface area contributed by atoms with Gasteiger partial charge in [-0.05, 0) is 53.3 Å². The van der Waals surface area contributed by atoms with Crippen LogP contribution < -0.4 is 4.74 Å². The lowest BCUT2D eigenvalue weighted by atomic mass is 9.83. The summed E-state index contributed by atoms with van der Waals surface area (Å²) < 4.78 is 38.8. The number of ether oxygens (including phenoxy) is 2. The summed E-state index contributed by atoms with van der Waals surface area (Å²) in [5, 5.41) is 1.94. The molecule has 0 N–H and O–H groups in total. The van der Waals surface area contributed by atoms with E-state index in [1.807, 2.05) is 41.8 Å². The van der Waals surface area contributed by atoms with E-state index in [9.17, 15) is 13.2 Å². The first-order valence-electron chi connectivity index (χ1n) is 9.79. The van der Waals surface area contributed by atoms with Gasteiger partial charge in [0.1, 0.15) is 11.8 Å². The second-order valence-corrected chi connectivity index (χ2v) is 10.2. The summed E-state index contributed by atoms with van der Waals surface area (Å²) in [6, 6.07) is 17.0. The van der Waals surface area contributed by atoms with Gasteiger partial charge in [-0.1, -0.05) is 30.3 Å². The monoisotopic (exact) mass is 457 g/mol. The molecule has 2 unspecified atom stereocenters. The Kier molecular flexibility index (Phi) is 6.13. The van der Waals surface area contributed by atoms with Gasteiger partial charge in [-0.2, -0.15) is 4.31 Å². The first-order valence-corrected chi connectivity index (χ1v) is 12.1. The zero-order valence-corrected chi connectivity index (χ0v) is 18.9. The van der Waals surface area contributed by atoms with Gasteiger partial charge < -0.3 is 9.47 Å². The summed E-state index contributed by atoms with van der Waals surface area (Å²) in [5.41, 5.74) is 2.03. The molecule has 0 fully saturated rings. The molecule has 1 aromatic heterocycles. The number of methoxy groups -OCH3 is 2. The van der Waals surface area contributed by atoms with Crippen molar-refractivity contribution in [1.82, 2.24) is 4.31 Å². The standard InChI is InChI=1S/C23H23NO5S2/c1-28-17-8-10-18(11-9-17)31(26,27)24-15-21-19(12-13-30-21)20(22(24)23(25)29-2)14-16-6-4-3-5-7-16/h3-13,20,22H,14-15H2,1-2H3. The van der Waals surface area contributed by atoms with Crippen LogP contribution in [0.2, 0.25) is 0 Å². The third-order valence-corrected chi connectivity index (χ3v) is 8.34.